The fourth-order valence-corrected chi connectivity index (χ4v) is 3.32. The van der Waals surface area contributed by atoms with Gasteiger partial charge in [0.05, 0.1) is 23.1 Å². The number of para-hydroxylation sites is 1. The first-order valence-corrected chi connectivity index (χ1v) is 7.48. The zero-order valence-corrected chi connectivity index (χ0v) is 12.1. The van der Waals surface area contributed by atoms with Crippen molar-refractivity contribution in [2.75, 3.05) is 22.9 Å². The minimum Gasteiger partial charge on any atom is -0.397 e. The molecule has 20 heavy (non-hydrogen) atoms. The molecule has 1 aromatic carbocycles. The standard InChI is InChI=1S/C14H12ClN3OS/c15-13-10(7-9(16)8-17-13)14(19)18-5-6-20-12-4-2-1-3-11(12)18/h1-4,7-8H,5-6,16H2. The summed E-state index contributed by atoms with van der Waals surface area (Å²) < 4.78 is 0. The van der Waals surface area contributed by atoms with Crippen molar-refractivity contribution in [2.45, 2.75) is 4.90 Å². The molecular formula is C14H12ClN3OS. The van der Waals surface area contributed by atoms with E-state index in [-0.39, 0.29) is 11.1 Å². The van der Waals surface area contributed by atoms with Gasteiger partial charge in [0.25, 0.3) is 5.91 Å². The largest absolute Gasteiger partial charge is 0.397 e. The molecule has 2 N–H and O–H groups in total. The van der Waals surface area contributed by atoms with E-state index in [1.54, 1.807) is 22.7 Å². The third-order valence-electron chi connectivity index (χ3n) is 3.06. The smallest absolute Gasteiger partial charge is 0.261 e. The van der Waals surface area contributed by atoms with Crippen LogP contribution < -0.4 is 10.6 Å². The topological polar surface area (TPSA) is 59.2 Å². The van der Waals surface area contributed by atoms with Gasteiger partial charge in [-0.2, -0.15) is 0 Å². The van der Waals surface area contributed by atoms with Crippen molar-refractivity contribution in [3.8, 4) is 0 Å². The van der Waals surface area contributed by atoms with Crippen LogP contribution in [0.3, 0.4) is 0 Å². The highest BCUT2D eigenvalue weighted by atomic mass is 35.5. The molecule has 4 nitrogen and oxygen atoms in total. The molecule has 2 aromatic rings. The minimum absolute atomic E-state index is 0.164. The molecule has 102 valence electrons. The molecule has 6 heteroatoms. The average molecular weight is 306 g/mol. The van der Waals surface area contributed by atoms with Gasteiger partial charge in [-0.3, -0.25) is 4.79 Å². The number of anilines is 2. The van der Waals surface area contributed by atoms with Crippen LogP contribution in [0.15, 0.2) is 41.4 Å². The minimum atomic E-state index is -0.164. The second-order valence-electron chi connectivity index (χ2n) is 4.38. The van der Waals surface area contributed by atoms with Crippen LogP contribution in [-0.2, 0) is 0 Å². The van der Waals surface area contributed by atoms with Crippen LogP contribution in [0.5, 0.6) is 0 Å². The van der Waals surface area contributed by atoms with Crippen LogP contribution in [0.25, 0.3) is 0 Å². The number of carbonyl (C=O) groups is 1. The molecule has 2 heterocycles. The summed E-state index contributed by atoms with van der Waals surface area (Å²) in [7, 11) is 0. The number of aromatic nitrogens is 1. The van der Waals surface area contributed by atoms with Gasteiger partial charge in [0.2, 0.25) is 0 Å². The zero-order chi connectivity index (χ0) is 14.1. The van der Waals surface area contributed by atoms with Crippen LogP contribution in [0.4, 0.5) is 11.4 Å². The fraction of sp³-hybridized carbons (Fsp3) is 0.143. The Kier molecular flexibility index (Phi) is 3.54. The van der Waals surface area contributed by atoms with E-state index in [9.17, 15) is 4.79 Å². The van der Waals surface area contributed by atoms with E-state index in [2.05, 4.69) is 4.98 Å². The highest BCUT2D eigenvalue weighted by Gasteiger charge is 2.25. The summed E-state index contributed by atoms with van der Waals surface area (Å²) in [4.78, 5) is 19.4. The maximum atomic E-state index is 12.7. The normalized spacial score (nSPS) is 13.9. The van der Waals surface area contributed by atoms with Crippen molar-refractivity contribution >= 4 is 40.6 Å². The summed E-state index contributed by atoms with van der Waals surface area (Å²) in [6.45, 7) is 0.644. The molecule has 1 aliphatic rings. The first-order valence-electron chi connectivity index (χ1n) is 6.11. The predicted octanol–water partition coefficient (Wildman–Crippen LogP) is 3.07. The first-order chi connectivity index (χ1) is 9.66. The van der Waals surface area contributed by atoms with Crippen molar-refractivity contribution in [2.24, 2.45) is 0 Å². The van der Waals surface area contributed by atoms with Gasteiger partial charge in [-0.15, -0.1) is 11.8 Å². The van der Waals surface area contributed by atoms with Crippen molar-refractivity contribution in [3.05, 3.63) is 47.2 Å². The Hall–Kier alpha value is -1.72. The van der Waals surface area contributed by atoms with Crippen LogP contribution in [0.1, 0.15) is 10.4 Å². The number of rotatable bonds is 1. The molecule has 0 fully saturated rings. The summed E-state index contributed by atoms with van der Waals surface area (Å²) in [5.74, 6) is 0.693. The van der Waals surface area contributed by atoms with Crippen LogP contribution in [-0.4, -0.2) is 23.2 Å². The van der Waals surface area contributed by atoms with Crippen molar-refractivity contribution in [3.63, 3.8) is 0 Å². The summed E-state index contributed by atoms with van der Waals surface area (Å²) in [5.41, 5.74) is 7.37. The second-order valence-corrected chi connectivity index (χ2v) is 5.87. The van der Waals surface area contributed by atoms with Gasteiger partial charge >= 0.3 is 0 Å². The SMILES string of the molecule is Nc1cnc(Cl)c(C(=O)N2CCSc3ccccc32)c1. The van der Waals surface area contributed by atoms with Gasteiger partial charge in [0, 0.05) is 17.2 Å². The molecule has 0 atom stereocenters. The van der Waals surface area contributed by atoms with Crippen LogP contribution in [0.2, 0.25) is 5.15 Å². The molecule has 1 aliphatic heterocycles. The maximum Gasteiger partial charge on any atom is 0.261 e. The third-order valence-corrected chi connectivity index (χ3v) is 4.41. The molecule has 1 amide bonds. The highest BCUT2D eigenvalue weighted by Crippen LogP contribution is 2.35. The predicted molar refractivity (Wildman–Crippen MR) is 82.5 cm³/mol. The monoisotopic (exact) mass is 305 g/mol. The number of carbonyl (C=O) groups excluding carboxylic acids is 1. The van der Waals surface area contributed by atoms with Gasteiger partial charge < -0.3 is 10.6 Å². The number of hydrogen-bond acceptors (Lipinski definition) is 4. The van der Waals surface area contributed by atoms with E-state index in [1.807, 2.05) is 24.3 Å². The summed E-state index contributed by atoms with van der Waals surface area (Å²) >= 11 is 7.76. The van der Waals surface area contributed by atoms with Gasteiger partial charge in [-0.1, -0.05) is 23.7 Å². The van der Waals surface area contributed by atoms with Gasteiger partial charge in [0.15, 0.2) is 0 Å². The Morgan fingerprint density at radius 1 is 1.40 bits per heavy atom. The van der Waals surface area contributed by atoms with E-state index >= 15 is 0 Å². The fourth-order valence-electron chi connectivity index (χ4n) is 2.14. The number of fused-ring (bicyclic) bond motifs is 1. The maximum absolute atomic E-state index is 12.7. The number of nitrogens with zero attached hydrogens (tertiary/aromatic N) is 2. The molecule has 3 rings (SSSR count). The van der Waals surface area contributed by atoms with Gasteiger partial charge in [0.1, 0.15) is 5.15 Å². The molecule has 0 unspecified atom stereocenters. The van der Waals surface area contributed by atoms with E-state index in [4.69, 9.17) is 17.3 Å². The van der Waals surface area contributed by atoms with Crippen LogP contribution in [0, 0.1) is 0 Å². The van der Waals surface area contributed by atoms with Crippen molar-refractivity contribution in [1.29, 1.82) is 0 Å². The summed E-state index contributed by atoms with van der Waals surface area (Å²) in [6, 6.07) is 9.41. The average Bonchev–Trinajstić information content (AvgIpc) is 2.48. The summed E-state index contributed by atoms with van der Waals surface area (Å²) in [6.07, 6.45) is 1.44. The number of benzene rings is 1. The van der Waals surface area contributed by atoms with E-state index in [0.29, 0.717) is 17.8 Å². The van der Waals surface area contributed by atoms with Crippen molar-refractivity contribution < 1.29 is 4.79 Å². The number of halogens is 1. The molecule has 0 radical (unpaired) electrons. The van der Waals surface area contributed by atoms with E-state index in [0.717, 1.165) is 16.3 Å². The highest BCUT2D eigenvalue weighted by molar-refractivity contribution is 7.99. The van der Waals surface area contributed by atoms with Gasteiger partial charge in [-0.05, 0) is 18.2 Å². The number of pyridine rings is 1. The quantitative estimate of drug-likeness (QED) is 0.823. The number of nitrogen functional groups attached to an aromatic ring is 1. The lowest BCUT2D eigenvalue weighted by molar-refractivity contribution is 0.0987. The lowest BCUT2D eigenvalue weighted by atomic mass is 10.2. The Morgan fingerprint density at radius 3 is 3.05 bits per heavy atom. The molecule has 0 aliphatic carbocycles. The third kappa shape index (κ3) is 2.34. The zero-order valence-electron chi connectivity index (χ0n) is 10.5. The molecule has 0 bridgehead atoms. The number of nitrogens with two attached hydrogens (primary N) is 1. The molecule has 0 saturated heterocycles. The Bertz CT molecular complexity index is 677. The lowest BCUT2D eigenvalue weighted by Gasteiger charge is -2.29. The first kappa shape index (κ1) is 13.3. The van der Waals surface area contributed by atoms with Gasteiger partial charge in [-0.25, -0.2) is 4.98 Å². The Morgan fingerprint density at radius 2 is 2.20 bits per heavy atom. The Balaban J connectivity index is 2.02. The van der Waals surface area contributed by atoms with Crippen LogP contribution >= 0.6 is 23.4 Å². The second kappa shape index (κ2) is 5.34. The molecular weight excluding hydrogens is 294 g/mol. The molecule has 1 aromatic heterocycles. The molecule has 0 spiro atoms. The lowest BCUT2D eigenvalue weighted by Crippen LogP contribution is -2.35. The number of thioether (sulfide) groups is 1. The van der Waals surface area contributed by atoms with E-state index < -0.39 is 0 Å². The van der Waals surface area contributed by atoms with E-state index in [1.165, 1.54) is 6.20 Å². The Labute approximate surface area is 125 Å². The summed E-state index contributed by atoms with van der Waals surface area (Å²) in [5, 5.41) is 0.180. The molecule has 0 saturated carbocycles. The number of hydrogen-bond donors (Lipinski definition) is 1. The number of amides is 1. The van der Waals surface area contributed by atoms with Crippen molar-refractivity contribution in [1.82, 2.24) is 4.98 Å².